The summed E-state index contributed by atoms with van der Waals surface area (Å²) >= 11 is 0. The minimum Gasteiger partial charge on any atom is -0.478 e. The van der Waals surface area contributed by atoms with Gasteiger partial charge in [0.05, 0.1) is 5.56 Å². The van der Waals surface area contributed by atoms with Crippen molar-refractivity contribution < 1.29 is 9.90 Å². The van der Waals surface area contributed by atoms with Crippen molar-refractivity contribution in [2.75, 3.05) is 0 Å². The first-order valence-corrected chi connectivity index (χ1v) is 12.1. The van der Waals surface area contributed by atoms with Crippen molar-refractivity contribution in [1.82, 2.24) is 10.6 Å². The van der Waals surface area contributed by atoms with Crippen LogP contribution in [0.2, 0.25) is 0 Å². The summed E-state index contributed by atoms with van der Waals surface area (Å²) in [5, 5.41) is 16.6. The van der Waals surface area contributed by atoms with E-state index in [1.165, 1.54) is 37.7 Å². The van der Waals surface area contributed by atoms with E-state index < -0.39 is 5.97 Å². The van der Waals surface area contributed by atoms with Crippen LogP contribution in [0.3, 0.4) is 0 Å². The average Bonchev–Trinajstić information content (AvgIpc) is 3.56. The third-order valence-electron chi connectivity index (χ3n) is 6.99. The molecule has 0 bridgehead atoms. The van der Waals surface area contributed by atoms with Gasteiger partial charge in [0.2, 0.25) is 0 Å². The summed E-state index contributed by atoms with van der Waals surface area (Å²) in [4.78, 5) is 11.0. The number of carbonyl (C=O) groups is 1. The van der Waals surface area contributed by atoms with Gasteiger partial charge in [0, 0.05) is 24.7 Å². The molecule has 2 fully saturated rings. The van der Waals surface area contributed by atoms with Crippen LogP contribution in [0.1, 0.15) is 67.4 Å². The first-order chi connectivity index (χ1) is 15.5. The number of benzene rings is 2. The van der Waals surface area contributed by atoms with Gasteiger partial charge in [0.25, 0.3) is 0 Å². The SMILES string of the molecule is CC(C)/C(=C\c1ccccc1)C1CC1N[C@H]1CC[C@H](NCc2ccc(C(=O)O)cc2)CC1.Cl.Cl. The molecular weight excluding hydrogens is 467 g/mol. The highest BCUT2D eigenvalue weighted by Crippen LogP contribution is 2.42. The lowest BCUT2D eigenvalue weighted by molar-refractivity contribution is 0.0697. The van der Waals surface area contributed by atoms with Crippen molar-refractivity contribution in [3.63, 3.8) is 0 Å². The van der Waals surface area contributed by atoms with E-state index in [4.69, 9.17) is 5.11 Å². The van der Waals surface area contributed by atoms with Crippen molar-refractivity contribution in [1.29, 1.82) is 0 Å². The van der Waals surface area contributed by atoms with Gasteiger partial charge >= 0.3 is 5.97 Å². The summed E-state index contributed by atoms with van der Waals surface area (Å²) in [6, 6.07) is 19.7. The Labute approximate surface area is 216 Å². The van der Waals surface area contributed by atoms with Crippen LogP contribution in [-0.2, 0) is 6.54 Å². The van der Waals surface area contributed by atoms with Gasteiger partial charge in [-0.25, -0.2) is 4.79 Å². The fourth-order valence-electron chi connectivity index (χ4n) is 4.99. The third-order valence-corrected chi connectivity index (χ3v) is 6.99. The quantitative estimate of drug-likeness (QED) is 0.372. The van der Waals surface area contributed by atoms with Crippen molar-refractivity contribution in [2.45, 2.75) is 70.6 Å². The standard InChI is InChI=1S/C28H36N2O2.2ClH/c1-19(2)25(16-20-6-4-3-5-7-20)26-17-27(26)30-24-14-12-23(13-15-24)29-18-21-8-10-22(11-9-21)28(31)32;;/h3-11,16,19,23-24,26-27,29-30H,12-15,17-18H2,1-2H3,(H,31,32);2*1H/b25-16+;;/t23-,24-,26?,27?;;. The normalized spacial score (nSPS) is 24.1. The molecule has 186 valence electrons. The Hall–Kier alpha value is -1.85. The molecule has 2 saturated carbocycles. The zero-order valence-corrected chi connectivity index (χ0v) is 21.7. The number of carboxylic acid groups (broad SMARTS) is 1. The van der Waals surface area contributed by atoms with Gasteiger partial charge in [-0.15, -0.1) is 24.8 Å². The van der Waals surface area contributed by atoms with E-state index in [0.717, 1.165) is 12.1 Å². The van der Waals surface area contributed by atoms with E-state index in [-0.39, 0.29) is 24.8 Å². The van der Waals surface area contributed by atoms with Gasteiger partial charge in [-0.3, -0.25) is 0 Å². The second-order valence-electron chi connectivity index (χ2n) is 9.76. The first-order valence-electron chi connectivity index (χ1n) is 12.1. The highest BCUT2D eigenvalue weighted by Gasteiger charge is 2.41. The summed E-state index contributed by atoms with van der Waals surface area (Å²) in [5.41, 5.74) is 4.38. The van der Waals surface area contributed by atoms with Gasteiger partial charge in [0.1, 0.15) is 0 Å². The highest BCUT2D eigenvalue weighted by molar-refractivity contribution is 5.87. The number of nitrogens with one attached hydrogen (secondary N) is 2. The highest BCUT2D eigenvalue weighted by atomic mass is 35.5. The molecule has 0 amide bonds. The molecule has 34 heavy (non-hydrogen) atoms. The van der Waals surface area contributed by atoms with E-state index in [0.29, 0.717) is 35.5 Å². The number of hydrogen-bond donors (Lipinski definition) is 3. The smallest absolute Gasteiger partial charge is 0.335 e. The molecule has 0 aromatic heterocycles. The number of carboxylic acids is 1. The van der Waals surface area contributed by atoms with Gasteiger partial charge in [-0.2, -0.15) is 0 Å². The molecule has 4 rings (SSSR count). The molecule has 2 atom stereocenters. The molecule has 4 nitrogen and oxygen atoms in total. The van der Waals surface area contributed by atoms with E-state index in [2.05, 4.69) is 60.9 Å². The van der Waals surface area contributed by atoms with Gasteiger partial charge in [-0.1, -0.05) is 68.0 Å². The number of aromatic carboxylic acids is 1. The maximum atomic E-state index is 11.0. The molecule has 2 aromatic carbocycles. The Bertz CT molecular complexity index is 923. The lowest BCUT2D eigenvalue weighted by atomic mass is 9.90. The molecule has 6 heteroatoms. The molecule has 0 spiro atoms. The molecule has 0 radical (unpaired) electrons. The number of rotatable bonds is 9. The summed E-state index contributed by atoms with van der Waals surface area (Å²) < 4.78 is 0. The molecule has 2 aliphatic carbocycles. The van der Waals surface area contributed by atoms with Crippen LogP contribution in [0.15, 0.2) is 60.2 Å². The molecule has 0 heterocycles. The molecule has 2 aliphatic rings. The summed E-state index contributed by atoms with van der Waals surface area (Å²) in [7, 11) is 0. The van der Waals surface area contributed by atoms with Crippen molar-refractivity contribution in [3.05, 3.63) is 76.9 Å². The van der Waals surface area contributed by atoms with Crippen LogP contribution >= 0.6 is 24.8 Å². The predicted molar refractivity (Wildman–Crippen MR) is 145 cm³/mol. The maximum absolute atomic E-state index is 11.0. The van der Waals surface area contributed by atoms with Crippen LogP contribution in [0.25, 0.3) is 6.08 Å². The van der Waals surface area contributed by atoms with Gasteiger partial charge < -0.3 is 15.7 Å². The molecule has 0 aliphatic heterocycles. The predicted octanol–water partition coefficient (Wildman–Crippen LogP) is 6.35. The van der Waals surface area contributed by atoms with Gasteiger partial charge in [-0.05, 0) is 67.2 Å². The zero-order valence-electron chi connectivity index (χ0n) is 20.1. The lowest BCUT2D eigenvalue weighted by Gasteiger charge is -2.30. The second-order valence-corrected chi connectivity index (χ2v) is 9.76. The third kappa shape index (κ3) is 7.84. The monoisotopic (exact) mass is 504 g/mol. The largest absolute Gasteiger partial charge is 0.478 e. The molecule has 2 aromatic rings. The van der Waals surface area contributed by atoms with Crippen LogP contribution in [0.5, 0.6) is 0 Å². The van der Waals surface area contributed by atoms with Crippen LogP contribution in [0, 0.1) is 11.8 Å². The Kier molecular flexibility index (Phi) is 11.1. The Balaban J connectivity index is 0.00000204. The Morgan fingerprint density at radius 2 is 1.59 bits per heavy atom. The Morgan fingerprint density at radius 3 is 2.18 bits per heavy atom. The Morgan fingerprint density at radius 1 is 0.971 bits per heavy atom. The molecular formula is C28H38Cl2N2O2. The van der Waals surface area contributed by atoms with E-state index in [1.807, 2.05) is 12.1 Å². The second kappa shape index (κ2) is 13.3. The lowest BCUT2D eigenvalue weighted by Crippen LogP contribution is -2.41. The van der Waals surface area contributed by atoms with Gasteiger partial charge in [0.15, 0.2) is 0 Å². The van der Waals surface area contributed by atoms with Crippen molar-refractivity contribution >= 4 is 36.9 Å². The maximum Gasteiger partial charge on any atom is 0.335 e. The first kappa shape index (κ1) is 28.4. The fraction of sp³-hybridized carbons (Fsp3) is 0.464. The van der Waals surface area contributed by atoms with Crippen LogP contribution < -0.4 is 10.6 Å². The molecule has 3 N–H and O–H groups in total. The summed E-state index contributed by atoms with van der Waals surface area (Å²) in [6.07, 6.45) is 8.50. The van der Waals surface area contributed by atoms with Crippen LogP contribution in [-0.4, -0.2) is 29.2 Å². The molecule has 0 saturated heterocycles. The minimum atomic E-state index is -0.871. The zero-order chi connectivity index (χ0) is 22.5. The topological polar surface area (TPSA) is 61.4 Å². The van der Waals surface area contributed by atoms with E-state index in [1.54, 1.807) is 17.7 Å². The van der Waals surface area contributed by atoms with Crippen molar-refractivity contribution in [2.24, 2.45) is 11.8 Å². The number of hydrogen-bond acceptors (Lipinski definition) is 3. The fourth-order valence-corrected chi connectivity index (χ4v) is 4.99. The molecule has 2 unspecified atom stereocenters. The van der Waals surface area contributed by atoms with Crippen molar-refractivity contribution in [3.8, 4) is 0 Å². The van der Waals surface area contributed by atoms with E-state index >= 15 is 0 Å². The average molecular weight is 506 g/mol. The summed E-state index contributed by atoms with van der Waals surface area (Å²) in [6.45, 7) is 5.43. The van der Waals surface area contributed by atoms with E-state index in [9.17, 15) is 4.79 Å². The number of halogens is 2. The van der Waals surface area contributed by atoms with Crippen LogP contribution in [0.4, 0.5) is 0 Å². The summed E-state index contributed by atoms with van der Waals surface area (Å²) in [5.74, 6) is 0.389. The minimum absolute atomic E-state index is 0.